The molecule has 0 fully saturated rings. The number of aromatic carboxylic acids is 1. The summed E-state index contributed by atoms with van der Waals surface area (Å²) in [6.07, 6.45) is -5.83. The molecular weight excluding hydrogens is 289 g/mol. The highest BCUT2D eigenvalue weighted by molar-refractivity contribution is 5.86. The van der Waals surface area contributed by atoms with Crippen molar-refractivity contribution in [2.45, 2.75) is 19.0 Å². The Morgan fingerprint density at radius 2 is 1.85 bits per heavy atom. The highest BCUT2D eigenvalue weighted by Crippen LogP contribution is 2.43. The van der Waals surface area contributed by atoms with Crippen molar-refractivity contribution in [3.63, 3.8) is 0 Å². The van der Waals surface area contributed by atoms with Crippen LogP contribution >= 0.6 is 0 Å². The monoisotopic (exact) mass is 295 g/mol. The van der Waals surface area contributed by atoms with Crippen molar-refractivity contribution in [2.75, 3.05) is 0 Å². The minimum absolute atomic E-state index is 0.117. The molecule has 1 N–H and O–H groups in total. The van der Waals surface area contributed by atoms with E-state index in [1.54, 1.807) is 0 Å². The van der Waals surface area contributed by atoms with Gasteiger partial charge in [-0.2, -0.15) is 27.1 Å². The Bertz CT molecular complexity index is 692. The summed E-state index contributed by atoms with van der Waals surface area (Å²) in [6.45, 7) is 1.21. The molecule has 108 valence electrons. The summed E-state index contributed by atoms with van der Waals surface area (Å²) in [5.41, 5.74) is -2.68. The molecule has 2 rings (SSSR count). The van der Waals surface area contributed by atoms with Gasteiger partial charge in [-0.05, 0) is 13.0 Å². The normalized spacial score (nSPS) is 12.9. The largest absolute Gasteiger partial charge is 0.476 e. The highest BCUT2D eigenvalue weighted by Gasteiger charge is 2.60. The number of carboxylic acids is 1. The average Bonchev–Trinajstić information content (AvgIpc) is 2.69. The van der Waals surface area contributed by atoms with Crippen LogP contribution in [0.15, 0.2) is 12.1 Å². The smallest absolute Gasteiger partial charge is 0.459 e. The van der Waals surface area contributed by atoms with E-state index in [-0.39, 0.29) is 10.2 Å². The lowest BCUT2D eigenvalue weighted by Gasteiger charge is -2.20. The maximum atomic E-state index is 13.4. The van der Waals surface area contributed by atoms with Gasteiger partial charge in [-0.25, -0.2) is 14.3 Å². The van der Waals surface area contributed by atoms with Gasteiger partial charge in [0.2, 0.25) is 0 Å². The maximum absolute atomic E-state index is 13.4. The van der Waals surface area contributed by atoms with Crippen LogP contribution in [0.5, 0.6) is 0 Å². The molecule has 0 atom stereocenters. The van der Waals surface area contributed by atoms with E-state index >= 15 is 0 Å². The lowest BCUT2D eigenvalue weighted by atomic mass is 10.2. The number of carboxylic acid groups (broad SMARTS) is 1. The predicted molar refractivity (Wildman–Crippen MR) is 54.6 cm³/mol. The van der Waals surface area contributed by atoms with Crippen LogP contribution in [0.25, 0.3) is 5.65 Å². The van der Waals surface area contributed by atoms with E-state index in [9.17, 15) is 26.7 Å². The number of aryl methyl sites for hydroxylation is 1. The van der Waals surface area contributed by atoms with Crippen molar-refractivity contribution in [3.8, 4) is 0 Å². The van der Waals surface area contributed by atoms with Gasteiger partial charge in [0.05, 0.1) is 0 Å². The van der Waals surface area contributed by atoms with Crippen LogP contribution in [-0.4, -0.2) is 31.9 Å². The minimum atomic E-state index is -5.83. The van der Waals surface area contributed by atoms with Gasteiger partial charge in [-0.1, -0.05) is 0 Å². The molecule has 0 saturated heterocycles. The Hall–Kier alpha value is -2.26. The molecular formula is C10H6F5N3O2. The van der Waals surface area contributed by atoms with Crippen LogP contribution in [0.3, 0.4) is 0 Å². The second-order valence-electron chi connectivity index (χ2n) is 3.96. The van der Waals surface area contributed by atoms with E-state index in [2.05, 4.69) is 10.1 Å². The molecule has 0 spiro atoms. The molecule has 0 aliphatic heterocycles. The van der Waals surface area contributed by atoms with Crippen molar-refractivity contribution < 1.29 is 31.9 Å². The van der Waals surface area contributed by atoms with Gasteiger partial charge in [0.25, 0.3) is 0 Å². The second-order valence-corrected chi connectivity index (χ2v) is 3.96. The number of nitrogens with zero attached hydrogens (tertiary/aromatic N) is 3. The molecule has 20 heavy (non-hydrogen) atoms. The molecule has 5 nitrogen and oxygen atoms in total. The number of fused-ring (bicyclic) bond motifs is 1. The fraction of sp³-hybridized carbons (Fsp3) is 0.300. The summed E-state index contributed by atoms with van der Waals surface area (Å²) in [7, 11) is 0. The molecule has 0 aromatic carbocycles. The van der Waals surface area contributed by atoms with E-state index in [0.717, 1.165) is 6.07 Å². The summed E-state index contributed by atoms with van der Waals surface area (Å²) in [6, 6.07) is 1.32. The van der Waals surface area contributed by atoms with E-state index in [4.69, 9.17) is 5.11 Å². The molecule has 0 unspecified atom stereocenters. The molecule has 0 aliphatic carbocycles. The van der Waals surface area contributed by atoms with Crippen molar-refractivity contribution >= 4 is 11.6 Å². The number of halogens is 5. The van der Waals surface area contributed by atoms with Crippen LogP contribution in [0.4, 0.5) is 22.0 Å². The highest BCUT2D eigenvalue weighted by atomic mass is 19.4. The van der Waals surface area contributed by atoms with Gasteiger partial charge in [0.15, 0.2) is 11.3 Å². The third-order valence-electron chi connectivity index (χ3n) is 2.45. The minimum Gasteiger partial charge on any atom is -0.476 e. The number of aromatic nitrogens is 3. The quantitative estimate of drug-likeness (QED) is 0.864. The van der Waals surface area contributed by atoms with Crippen molar-refractivity contribution in [1.82, 2.24) is 14.6 Å². The number of rotatable bonds is 2. The predicted octanol–water partition coefficient (Wildman–Crippen LogP) is 2.39. The standard InChI is InChI=1S/C10H6F5N3O2/c1-4-2-6(9(11,12)10(13,14)15)18-7(16-4)3-5(17-18)8(19)20/h2-3H,1H3,(H,19,20). The molecule has 0 amide bonds. The van der Waals surface area contributed by atoms with E-state index in [1.165, 1.54) is 6.92 Å². The molecule has 0 radical (unpaired) electrons. The molecule has 0 bridgehead atoms. The Morgan fingerprint density at radius 3 is 2.35 bits per heavy atom. The summed E-state index contributed by atoms with van der Waals surface area (Å²) < 4.78 is 64.3. The lowest BCUT2D eigenvalue weighted by molar-refractivity contribution is -0.291. The maximum Gasteiger partial charge on any atom is 0.459 e. The van der Waals surface area contributed by atoms with Crippen LogP contribution in [0.1, 0.15) is 21.9 Å². The second kappa shape index (κ2) is 4.12. The zero-order valence-electron chi connectivity index (χ0n) is 9.74. The van der Waals surface area contributed by atoms with E-state index < -0.39 is 35.1 Å². The molecule has 2 heterocycles. The van der Waals surface area contributed by atoms with Crippen LogP contribution in [0, 0.1) is 6.92 Å². The topological polar surface area (TPSA) is 67.5 Å². The Morgan fingerprint density at radius 1 is 1.25 bits per heavy atom. The number of alkyl halides is 5. The summed E-state index contributed by atoms with van der Waals surface area (Å²) in [5.74, 6) is -6.74. The summed E-state index contributed by atoms with van der Waals surface area (Å²) in [4.78, 5) is 14.4. The average molecular weight is 295 g/mol. The SMILES string of the molecule is Cc1cc(C(F)(F)C(F)(F)F)n2nc(C(=O)O)cc2n1. The van der Waals surface area contributed by atoms with Crippen LogP contribution < -0.4 is 0 Å². The van der Waals surface area contributed by atoms with Gasteiger partial charge in [0.1, 0.15) is 5.69 Å². The summed E-state index contributed by atoms with van der Waals surface area (Å²) in [5, 5.41) is 11.9. The van der Waals surface area contributed by atoms with Gasteiger partial charge in [-0.3, -0.25) is 0 Å². The zero-order chi connectivity index (χ0) is 15.3. The molecule has 2 aromatic rings. The third kappa shape index (κ3) is 2.06. The molecule has 0 saturated carbocycles. The number of hydrogen-bond acceptors (Lipinski definition) is 3. The van der Waals surface area contributed by atoms with Gasteiger partial charge >= 0.3 is 18.1 Å². The first-order valence-corrected chi connectivity index (χ1v) is 5.10. The van der Waals surface area contributed by atoms with Gasteiger partial charge in [0, 0.05) is 11.8 Å². The lowest BCUT2D eigenvalue weighted by Crippen LogP contribution is -2.36. The third-order valence-corrected chi connectivity index (χ3v) is 2.45. The first kappa shape index (κ1) is 14.2. The summed E-state index contributed by atoms with van der Waals surface area (Å²) >= 11 is 0. The van der Waals surface area contributed by atoms with Gasteiger partial charge in [-0.15, -0.1) is 0 Å². The van der Waals surface area contributed by atoms with Crippen molar-refractivity contribution in [3.05, 3.63) is 29.2 Å². The molecule has 0 aliphatic rings. The van der Waals surface area contributed by atoms with Crippen molar-refractivity contribution in [2.24, 2.45) is 0 Å². The molecule has 10 heteroatoms. The Balaban J connectivity index is 2.79. The number of carbonyl (C=O) groups is 1. The Labute approximate surface area is 107 Å². The van der Waals surface area contributed by atoms with Crippen molar-refractivity contribution in [1.29, 1.82) is 0 Å². The fourth-order valence-electron chi connectivity index (χ4n) is 1.57. The van der Waals surface area contributed by atoms with E-state index in [0.29, 0.717) is 6.07 Å². The molecule has 2 aromatic heterocycles. The Kier molecular flexibility index (Phi) is 2.91. The van der Waals surface area contributed by atoms with Crippen LogP contribution in [0.2, 0.25) is 0 Å². The first-order valence-electron chi connectivity index (χ1n) is 5.10. The number of hydrogen-bond donors (Lipinski definition) is 1. The van der Waals surface area contributed by atoms with Crippen LogP contribution in [-0.2, 0) is 5.92 Å². The first-order chi connectivity index (χ1) is 9.04. The zero-order valence-corrected chi connectivity index (χ0v) is 9.74. The fourth-order valence-corrected chi connectivity index (χ4v) is 1.57. The van der Waals surface area contributed by atoms with E-state index in [1.807, 2.05) is 0 Å². The van der Waals surface area contributed by atoms with Gasteiger partial charge < -0.3 is 5.11 Å².